The van der Waals surface area contributed by atoms with Crippen molar-refractivity contribution >= 4 is 23.5 Å². The summed E-state index contributed by atoms with van der Waals surface area (Å²) in [5.41, 5.74) is 0. The Hall–Kier alpha value is -1.08. The summed E-state index contributed by atoms with van der Waals surface area (Å²) < 4.78 is 0. The van der Waals surface area contributed by atoms with Crippen LogP contribution in [0.4, 0.5) is 0 Å². The van der Waals surface area contributed by atoms with Crippen molar-refractivity contribution in [3.63, 3.8) is 0 Å². The largest absolute Gasteiger partial charge is 0.231 e. The average molecular weight is 225 g/mol. The van der Waals surface area contributed by atoms with Crippen molar-refractivity contribution in [3.05, 3.63) is 18.5 Å². The van der Waals surface area contributed by atoms with Crippen LogP contribution in [0.5, 0.6) is 0 Å². The van der Waals surface area contributed by atoms with Crippen molar-refractivity contribution in [1.29, 1.82) is 0 Å². The van der Waals surface area contributed by atoms with E-state index in [9.17, 15) is 0 Å². The Morgan fingerprint density at radius 3 is 3.00 bits per heavy atom. The summed E-state index contributed by atoms with van der Waals surface area (Å²) in [5, 5.41) is 12.6. The zero-order valence-electron chi connectivity index (χ0n) is 7.34. The quantitative estimate of drug-likeness (QED) is 0.484. The minimum Gasteiger partial charge on any atom is -0.231 e. The summed E-state index contributed by atoms with van der Waals surface area (Å²) in [5.74, 6) is 0. The second kappa shape index (κ2) is 4.43. The van der Waals surface area contributed by atoms with Gasteiger partial charge in [-0.05, 0) is 24.1 Å². The molecule has 0 fully saturated rings. The first kappa shape index (κ1) is 9.47. The second-order valence-electron chi connectivity index (χ2n) is 2.29. The lowest BCUT2D eigenvalue weighted by atomic mass is 10.7. The molecule has 0 radical (unpaired) electrons. The van der Waals surface area contributed by atoms with Crippen LogP contribution in [0.3, 0.4) is 0 Å². The highest BCUT2D eigenvalue weighted by atomic mass is 32.2. The summed E-state index contributed by atoms with van der Waals surface area (Å²) in [7, 11) is 0. The maximum absolute atomic E-state index is 4.30. The summed E-state index contributed by atoms with van der Waals surface area (Å²) in [6.45, 7) is 0. The van der Waals surface area contributed by atoms with Gasteiger partial charge in [0.2, 0.25) is 0 Å². The Kier molecular flexibility index (Phi) is 3.00. The van der Waals surface area contributed by atoms with Crippen LogP contribution in [0.2, 0.25) is 0 Å². The van der Waals surface area contributed by atoms with E-state index in [0.717, 1.165) is 15.2 Å². The number of H-pyrrole nitrogens is 1. The van der Waals surface area contributed by atoms with Gasteiger partial charge in [0.25, 0.3) is 0 Å². The molecule has 0 spiro atoms. The van der Waals surface area contributed by atoms with E-state index in [2.05, 4.69) is 25.4 Å². The number of aromatic amines is 1. The van der Waals surface area contributed by atoms with Gasteiger partial charge in [-0.1, -0.05) is 11.8 Å². The first-order chi connectivity index (χ1) is 6.88. The summed E-state index contributed by atoms with van der Waals surface area (Å²) >= 11 is 2.97. The fourth-order valence-corrected chi connectivity index (χ4v) is 1.91. The second-order valence-corrected chi connectivity index (χ2v) is 4.11. The molecule has 0 saturated heterocycles. The van der Waals surface area contributed by atoms with E-state index in [0.29, 0.717) is 0 Å². The molecule has 2 aromatic rings. The topological polar surface area (TPSA) is 67.3 Å². The Morgan fingerprint density at radius 1 is 1.36 bits per heavy atom. The fraction of sp³-hybridized carbons (Fsp3) is 0.143. The Morgan fingerprint density at radius 2 is 2.29 bits per heavy atom. The predicted molar refractivity (Wildman–Crippen MR) is 54.3 cm³/mol. The van der Waals surface area contributed by atoms with Crippen molar-refractivity contribution < 1.29 is 0 Å². The van der Waals surface area contributed by atoms with E-state index in [1.807, 2.05) is 12.3 Å². The number of nitrogens with zero attached hydrogens (tertiary/aromatic N) is 4. The molecule has 0 saturated carbocycles. The van der Waals surface area contributed by atoms with E-state index in [4.69, 9.17) is 0 Å². The molecule has 0 bridgehead atoms. The molecule has 2 aromatic heterocycles. The van der Waals surface area contributed by atoms with Crippen LogP contribution >= 0.6 is 23.5 Å². The van der Waals surface area contributed by atoms with Crippen LogP contribution in [-0.2, 0) is 0 Å². The lowest BCUT2D eigenvalue weighted by Crippen LogP contribution is -1.86. The summed E-state index contributed by atoms with van der Waals surface area (Å²) in [6.07, 6.45) is 5.34. The molecular formula is C7H7N5S2. The van der Waals surface area contributed by atoms with Crippen LogP contribution < -0.4 is 0 Å². The molecule has 14 heavy (non-hydrogen) atoms. The third kappa shape index (κ3) is 2.24. The van der Waals surface area contributed by atoms with E-state index in [1.54, 1.807) is 12.4 Å². The number of hydrogen-bond acceptors (Lipinski definition) is 6. The average Bonchev–Trinajstić information content (AvgIpc) is 2.71. The van der Waals surface area contributed by atoms with E-state index in [-0.39, 0.29) is 0 Å². The third-order valence-corrected chi connectivity index (χ3v) is 2.80. The van der Waals surface area contributed by atoms with Crippen molar-refractivity contribution in [3.8, 4) is 0 Å². The zero-order valence-corrected chi connectivity index (χ0v) is 8.97. The molecule has 5 nitrogen and oxygen atoms in total. The van der Waals surface area contributed by atoms with Crippen LogP contribution in [-0.4, -0.2) is 31.6 Å². The molecule has 0 atom stereocenters. The Labute approximate surface area is 89.1 Å². The fourth-order valence-electron chi connectivity index (χ4n) is 0.828. The van der Waals surface area contributed by atoms with Crippen LogP contribution in [0, 0.1) is 0 Å². The monoisotopic (exact) mass is 225 g/mol. The first-order valence-electron chi connectivity index (χ1n) is 3.79. The maximum Gasteiger partial charge on any atom is 0.188 e. The van der Waals surface area contributed by atoms with E-state index >= 15 is 0 Å². The number of nitrogens with one attached hydrogen (secondary N) is 1. The Balaban J connectivity index is 2.17. The lowest BCUT2D eigenvalue weighted by molar-refractivity contribution is 0.885. The normalized spacial score (nSPS) is 10.4. The molecule has 0 aliphatic rings. The highest BCUT2D eigenvalue weighted by Crippen LogP contribution is 2.23. The minimum absolute atomic E-state index is 0.762. The van der Waals surface area contributed by atoms with Crippen molar-refractivity contribution in [2.75, 3.05) is 6.26 Å². The molecule has 0 amide bonds. The van der Waals surface area contributed by atoms with Crippen LogP contribution in [0.25, 0.3) is 0 Å². The standard InChI is InChI=1S/C7H7N5S2/c1-13-7-8-3-2-5(10-7)14-6-4-9-12-11-6/h2-4H,1H3,(H,9,11,12). The van der Waals surface area contributed by atoms with Gasteiger partial charge in [0.1, 0.15) is 10.1 Å². The van der Waals surface area contributed by atoms with Gasteiger partial charge >= 0.3 is 0 Å². The van der Waals surface area contributed by atoms with Gasteiger partial charge in [0, 0.05) is 6.20 Å². The van der Waals surface area contributed by atoms with Gasteiger partial charge in [0.15, 0.2) is 5.16 Å². The van der Waals surface area contributed by atoms with Crippen molar-refractivity contribution in [2.45, 2.75) is 15.2 Å². The third-order valence-electron chi connectivity index (χ3n) is 1.39. The maximum atomic E-state index is 4.30. The Bertz CT molecular complexity index is 402. The summed E-state index contributed by atoms with van der Waals surface area (Å²) in [4.78, 5) is 8.38. The highest BCUT2D eigenvalue weighted by molar-refractivity contribution is 7.99. The van der Waals surface area contributed by atoms with Crippen molar-refractivity contribution in [1.82, 2.24) is 25.4 Å². The molecule has 0 aromatic carbocycles. The van der Waals surface area contributed by atoms with Crippen LogP contribution in [0.15, 0.2) is 33.7 Å². The summed E-state index contributed by atoms with van der Waals surface area (Å²) in [6, 6.07) is 1.85. The molecule has 0 aliphatic carbocycles. The molecule has 0 unspecified atom stereocenters. The van der Waals surface area contributed by atoms with E-state index < -0.39 is 0 Å². The molecular weight excluding hydrogens is 218 g/mol. The van der Waals surface area contributed by atoms with Crippen LogP contribution in [0.1, 0.15) is 0 Å². The lowest BCUT2D eigenvalue weighted by Gasteiger charge is -1.97. The van der Waals surface area contributed by atoms with Gasteiger partial charge in [-0.25, -0.2) is 9.97 Å². The molecule has 2 heterocycles. The SMILES string of the molecule is CSc1nccc(Sc2cn[nH]n2)n1. The molecule has 1 N–H and O–H groups in total. The number of thioether (sulfide) groups is 1. The van der Waals surface area contributed by atoms with Gasteiger partial charge in [-0.15, -0.1) is 5.10 Å². The van der Waals surface area contributed by atoms with Crippen molar-refractivity contribution in [2.24, 2.45) is 0 Å². The number of aromatic nitrogens is 5. The zero-order chi connectivity index (χ0) is 9.80. The van der Waals surface area contributed by atoms with Gasteiger partial charge < -0.3 is 0 Å². The molecule has 0 aliphatic heterocycles. The molecule has 72 valence electrons. The first-order valence-corrected chi connectivity index (χ1v) is 5.83. The number of rotatable bonds is 3. The predicted octanol–water partition coefficient (Wildman–Crippen LogP) is 1.47. The van der Waals surface area contributed by atoms with Gasteiger partial charge in [-0.3, -0.25) is 0 Å². The van der Waals surface area contributed by atoms with Gasteiger partial charge in [0.05, 0.1) is 6.20 Å². The minimum atomic E-state index is 0.762. The number of hydrogen-bond donors (Lipinski definition) is 1. The highest BCUT2D eigenvalue weighted by Gasteiger charge is 2.02. The van der Waals surface area contributed by atoms with E-state index in [1.165, 1.54) is 23.5 Å². The molecule has 7 heteroatoms. The smallest absolute Gasteiger partial charge is 0.188 e. The molecule has 2 rings (SSSR count). The van der Waals surface area contributed by atoms with Gasteiger partial charge in [-0.2, -0.15) is 10.3 Å².